The Morgan fingerprint density at radius 3 is 2.65 bits per heavy atom. The first-order valence-electron chi connectivity index (χ1n) is 6.43. The third-order valence-corrected chi connectivity index (χ3v) is 3.18. The molecule has 0 aliphatic rings. The number of aromatic nitrogens is 2. The van der Waals surface area contributed by atoms with Crippen molar-refractivity contribution in [1.82, 2.24) is 14.9 Å². The number of hydrogen-bond donors (Lipinski definition) is 1. The summed E-state index contributed by atoms with van der Waals surface area (Å²) >= 11 is 0. The Morgan fingerprint density at radius 2 is 2.15 bits per heavy atom. The van der Waals surface area contributed by atoms with Gasteiger partial charge in [-0.1, -0.05) is 0 Å². The van der Waals surface area contributed by atoms with Crippen LogP contribution in [0.1, 0.15) is 27.6 Å². The highest BCUT2D eigenvalue weighted by Gasteiger charge is 2.14. The second-order valence-corrected chi connectivity index (χ2v) is 5.01. The average Bonchev–Trinajstić information content (AvgIpc) is 2.89. The second kappa shape index (κ2) is 5.40. The third kappa shape index (κ3) is 2.68. The number of carbonyl (C=O) groups is 1. The molecule has 1 amide bonds. The first-order valence-corrected chi connectivity index (χ1v) is 6.43. The Morgan fingerprint density at radius 1 is 1.45 bits per heavy atom. The van der Waals surface area contributed by atoms with E-state index in [-0.39, 0.29) is 5.91 Å². The molecule has 0 aliphatic heterocycles. The smallest absolute Gasteiger partial charge is 0.255 e. The minimum absolute atomic E-state index is 0.132. The van der Waals surface area contributed by atoms with Gasteiger partial charge >= 0.3 is 0 Å². The van der Waals surface area contributed by atoms with Crippen molar-refractivity contribution in [3.05, 3.63) is 35.0 Å². The molecule has 0 atom stereocenters. The molecule has 1 N–H and O–H groups in total. The van der Waals surface area contributed by atoms with Crippen molar-refractivity contribution in [1.29, 1.82) is 0 Å². The van der Waals surface area contributed by atoms with Crippen LogP contribution in [0.3, 0.4) is 0 Å². The average molecular weight is 276 g/mol. The Labute approximate surface area is 118 Å². The maximum atomic E-state index is 12.1. The molecule has 0 aromatic carbocycles. The lowest BCUT2D eigenvalue weighted by Crippen LogP contribution is -2.24. The molecule has 0 fully saturated rings. The summed E-state index contributed by atoms with van der Waals surface area (Å²) in [6, 6.07) is 1.75. The van der Waals surface area contributed by atoms with Crippen LogP contribution in [-0.2, 0) is 13.6 Å². The molecule has 2 aromatic rings. The summed E-state index contributed by atoms with van der Waals surface area (Å²) in [6.07, 6.45) is 1.77. The van der Waals surface area contributed by atoms with E-state index in [0.29, 0.717) is 17.9 Å². The fourth-order valence-corrected chi connectivity index (χ4v) is 2.14. The summed E-state index contributed by atoms with van der Waals surface area (Å²) in [7, 11) is 5.79. The zero-order valence-corrected chi connectivity index (χ0v) is 12.5. The Kier molecular flexibility index (Phi) is 3.83. The number of nitrogens with zero attached hydrogens (tertiary/aromatic N) is 3. The Hall–Kier alpha value is -2.24. The van der Waals surface area contributed by atoms with Crippen molar-refractivity contribution < 1.29 is 9.21 Å². The molecule has 6 heteroatoms. The van der Waals surface area contributed by atoms with Crippen LogP contribution in [0.5, 0.6) is 0 Å². The molecule has 20 heavy (non-hydrogen) atoms. The number of furan rings is 1. The summed E-state index contributed by atoms with van der Waals surface area (Å²) in [5.74, 6) is 2.10. The molecular formula is C14H20N4O2. The number of hydrogen-bond acceptors (Lipinski definition) is 4. The Bertz CT molecular complexity index is 625. The van der Waals surface area contributed by atoms with E-state index in [1.165, 1.54) is 0 Å². The third-order valence-electron chi connectivity index (χ3n) is 3.18. The first kappa shape index (κ1) is 14.2. The van der Waals surface area contributed by atoms with Gasteiger partial charge in [-0.25, -0.2) is 4.98 Å². The summed E-state index contributed by atoms with van der Waals surface area (Å²) in [6.45, 7) is 4.05. The number of amides is 1. The van der Waals surface area contributed by atoms with Gasteiger partial charge in [-0.15, -0.1) is 0 Å². The normalized spacial score (nSPS) is 10.7. The van der Waals surface area contributed by atoms with Crippen LogP contribution in [-0.4, -0.2) is 29.6 Å². The highest BCUT2D eigenvalue weighted by Crippen LogP contribution is 2.14. The summed E-state index contributed by atoms with van der Waals surface area (Å²) in [5, 5.41) is 2.88. The number of anilines is 1. The van der Waals surface area contributed by atoms with Gasteiger partial charge in [-0.2, -0.15) is 0 Å². The molecule has 0 radical (unpaired) electrons. The molecule has 0 aliphatic carbocycles. The highest BCUT2D eigenvalue weighted by atomic mass is 16.3. The molecular weight excluding hydrogens is 256 g/mol. The maximum absolute atomic E-state index is 12.1. The van der Waals surface area contributed by atoms with E-state index in [4.69, 9.17) is 4.42 Å². The van der Waals surface area contributed by atoms with Crippen molar-refractivity contribution in [3.8, 4) is 0 Å². The largest absolute Gasteiger partial charge is 0.466 e. The molecule has 0 spiro atoms. The zero-order valence-electron chi connectivity index (χ0n) is 12.5. The lowest BCUT2D eigenvalue weighted by molar-refractivity contribution is 0.0948. The standard InChI is InChI=1S/C14H20N4O2/c1-9-6-12(10(2)20-9)13(19)15-7-11-8-16-14(17(3)4)18(11)5/h6,8H,7H2,1-5H3,(H,15,19). The van der Waals surface area contributed by atoms with Gasteiger partial charge in [0.2, 0.25) is 5.95 Å². The van der Waals surface area contributed by atoms with Crippen molar-refractivity contribution >= 4 is 11.9 Å². The van der Waals surface area contributed by atoms with E-state index in [1.54, 1.807) is 19.2 Å². The SMILES string of the molecule is Cc1cc(C(=O)NCc2cnc(N(C)C)n2C)c(C)o1. The van der Waals surface area contributed by atoms with Crippen LogP contribution in [0.15, 0.2) is 16.7 Å². The first-order chi connectivity index (χ1) is 9.40. The van der Waals surface area contributed by atoms with Crippen LogP contribution < -0.4 is 10.2 Å². The summed E-state index contributed by atoms with van der Waals surface area (Å²) in [4.78, 5) is 18.3. The quantitative estimate of drug-likeness (QED) is 0.922. The minimum atomic E-state index is -0.132. The second-order valence-electron chi connectivity index (χ2n) is 5.01. The van der Waals surface area contributed by atoms with E-state index in [9.17, 15) is 4.79 Å². The number of rotatable bonds is 4. The molecule has 0 bridgehead atoms. The number of imidazole rings is 1. The molecule has 6 nitrogen and oxygen atoms in total. The van der Waals surface area contributed by atoms with E-state index in [0.717, 1.165) is 17.4 Å². The predicted octanol–water partition coefficient (Wildman–Crippen LogP) is 1.63. The van der Waals surface area contributed by atoms with Crippen molar-refractivity contribution in [2.45, 2.75) is 20.4 Å². The van der Waals surface area contributed by atoms with Crippen LogP contribution >= 0.6 is 0 Å². The topological polar surface area (TPSA) is 63.3 Å². The maximum Gasteiger partial charge on any atom is 0.255 e. The number of aryl methyl sites for hydroxylation is 2. The molecule has 2 aromatic heterocycles. The predicted molar refractivity (Wildman–Crippen MR) is 76.9 cm³/mol. The van der Waals surface area contributed by atoms with Gasteiger partial charge in [0.05, 0.1) is 24.0 Å². The molecule has 0 unspecified atom stereocenters. The minimum Gasteiger partial charge on any atom is -0.466 e. The van der Waals surface area contributed by atoms with Gasteiger partial charge in [-0.05, 0) is 19.9 Å². The fourth-order valence-electron chi connectivity index (χ4n) is 2.14. The van der Waals surface area contributed by atoms with Gasteiger partial charge in [0, 0.05) is 21.1 Å². The van der Waals surface area contributed by atoms with Crippen LogP contribution in [0.25, 0.3) is 0 Å². The molecule has 2 rings (SSSR count). The summed E-state index contributed by atoms with van der Waals surface area (Å²) in [5.41, 5.74) is 1.53. The summed E-state index contributed by atoms with van der Waals surface area (Å²) < 4.78 is 7.31. The highest BCUT2D eigenvalue weighted by molar-refractivity contribution is 5.95. The van der Waals surface area contributed by atoms with Gasteiger partial charge < -0.3 is 19.2 Å². The number of nitrogens with one attached hydrogen (secondary N) is 1. The van der Waals surface area contributed by atoms with E-state index < -0.39 is 0 Å². The van der Waals surface area contributed by atoms with Crippen molar-refractivity contribution in [2.24, 2.45) is 7.05 Å². The van der Waals surface area contributed by atoms with E-state index in [1.807, 2.05) is 37.5 Å². The fraction of sp³-hybridized carbons (Fsp3) is 0.429. The number of carbonyl (C=O) groups excluding carboxylic acids is 1. The monoisotopic (exact) mass is 276 g/mol. The van der Waals surface area contributed by atoms with Crippen LogP contribution in [0.4, 0.5) is 5.95 Å². The van der Waals surface area contributed by atoms with E-state index >= 15 is 0 Å². The van der Waals surface area contributed by atoms with Crippen molar-refractivity contribution in [3.63, 3.8) is 0 Å². The molecule has 108 valence electrons. The zero-order chi connectivity index (χ0) is 14.9. The molecule has 2 heterocycles. The van der Waals surface area contributed by atoms with Gasteiger partial charge in [0.25, 0.3) is 5.91 Å². The lowest BCUT2D eigenvalue weighted by atomic mass is 10.2. The molecule has 0 saturated heterocycles. The van der Waals surface area contributed by atoms with E-state index in [2.05, 4.69) is 10.3 Å². The Balaban J connectivity index is 2.06. The van der Waals surface area contributed by atoms with Crippen LogP contribution in [0, 0.1) is 13.8 Å². The molecule has 0 saturated carbocycles. The van der Waals surface area contributed by atoms with Gasteiger partial charge in [0.15, 0.2) is 0 Å². The lowest BCUT2D eigenvalue weighted by Gasteiger charge is -2.12. The van der Waals surface area contributed by atoms with Crippen molar-refractivity contribution in [2.75, 3.05) is 19.0 Å². The van der Waals surface area contributed by atoms with Gasteiger partial charge in [-0.3, -0.25) is 4.79 Å². The van der Waals surface area contributed by atoms with Crippen LogP contribution in [0.2, 0.25) is 0 Å². The van der Waals surface area contributed by atoms with Gasteiger partial charge in [0.1, 0.15) is 11.5 Å².